The van der Waals surface area contributed by atoms with Gasteiger partial charge in [0.15, 0.2) is 0 Å². The highest BCUT2D eigenvalue weighted by Gasteiger charge is 2.24. The third-order valence-electron chi connectivity index (χ3n) is 3.95. The van der Waals surface area contributed by atoms with E-state index in [0.717, 1.165) is 0 Å². The fraction of sp³-hybridized carbons (Fsp3) is 0.389. The predicted molar refractivity (Wildman–Crippen MR) is 99.1 cm³/mol. The Balaban J connectivity index is 2.43. The van der Waals surface area contributed by atoms with Gasteiger partial charge in [-0.3, -0.25) is 4.79 Å². The molecule has 8 heteroatoms. The summed E-state index contributed by atoms with van der Waals surface area (Å²) >= 11 is 0. The van der Waals surface area contributed by atoms with Crippen molar-refractivity contribution in [3.63, 3.8) is 0 Å². The summed E-state index contributed by atoms with van der Waals surface area (Å²) in [5.41, 5.74) is 0.676. The van der Waals surface area contributed by atoms with Crippen LogP contribution in [0.4, 0.5) is 5.69 Å². The summed E-state index contributed by atoms with van der Waals surface area (Å²) in [5.74, 6) is 0.488. The Labute approximate surface area is 154 Å². The van der Waals surface area contributed by atoms with Crippen LogP contribution in [-0.2, 0) is 10.0 Å². The molecule has 0 fully saturated rings. The number of furan rings is 1. The lowest BCUT2D eigenvalue weighted by Gasteiger charge is -2.20. The molecule has 1 amide bonds. The largest absolute Gasteiger partial charge is 0.492 e. The maximum Gasteiger partial charge on any atom is 0.259 e. The molecular weight excluding hydrogens is 356 g/mol. The first-order valence-electron chi connectivity index (χ1n) is 8.47. The van der Waals surface area contributed by atoms with Crippen LogP contribution in [0, 0.1) is 6.92 Å². The molecule has 7 nitrogen and oxygen atoms in total. The second-order valence-corrected chi connectivity index (χ2v) is 7.46. The van der Waals surface area contributed by atoms with Gasteiger partial charge >= 0.3 is 0 Å². The number of hydrogen-bond donors (Lipinski definition) is 1. The first-order valence-corrected chi connectivity index (χ1v) is 9.91. The van der Waals surface area contributed by atoms with Crippen molar-refractivity contribution in [2.75, 3.05) is 25.0 Å². The molecule has 0 bridgehead atoms. The topological polar surface area (TPSA) is 88.9 Å². The van der Waals surface area contributed by atoms with Gasteiger partial charge < -0.3 is 14.5 Å². The zero-order valence-corrected chi connectivity index (χ0v) is 16.2. The second kappa shape index (κ2) is 8.37. The smallest absolute Gasteiger partial charge is 0.259 e. The van der Waals surface area contributed by atoms with Crippen molar-refractivity contribution in [3.05, 3.63) is 41.9 Å². The number of nitrogens with one attached hydrogen (secondary N) is 1. The Kier molecular flexibility index (Phi) is 6.44. The summed E-state index contributed by atoms with van der Waals surface area (Å²) in [6, 6.07) is 6.02. The molecule has 0 unspecified atom stereocenters. The van der Waals surface area contributed by atoms with E-state index in [9.17, 15) is 13.2 Å². The highest BCUT2D eigenvalue weighted by Crippen LogP contribution is 2.30. The van der Waals surface area contributed by atoms with E-state index in [1.54, 1.807) is 32.9 Å². The van der Waals surface area contributed by atoms with Crippen molar-refractivity contribution >= 4 is 21.6 Å². The number of aryl methyl sites for hydroxylation is 1. The van der Waals surface area contributed by atoms with E-state index in [0.29, 0.717) is 42.5 Å². The van der Waals surface area contributed by atoms with Crippen molar-refractivity contribution in [1.29, 1.82) is 0 Å². The van der Waals surface area contributed by atoms with Crippen LogP contribution in [-0.4, -0.2) is 38.3 Å². The maximum atomic E-state index is 12.7. The van der Waals surface area contributed by atoms with Gasteiger partial charge in [-0.15, -0.1) is 0 Å². The Hall–Kier alpha value is -2.32. The van der Waals surface area contributed by atoms with Crippen molar-refractivity contribution in [3.8, 4) is 5.75 Å². The number of benzene rings is 1. The summed E-state index contributed by atoms with van der Waals surface area (Å²) in [6.07, 6.45) is 1.43. The van der Waals surface area contributed by atoms with Crippen LogP contribution in [0.5, 0.6) is 5.75 Å². The number of anilines is 1. The van der Waals surface area contributed by atoms with Gasteiger partial charge in [-0.25, -0.2) is 8.42 Å². The molecule has 0 saturated carbocycles. The summed E-state index contributed by atoms with van der Waals surface area (Å²) in [4.78, 5) is 12.6. The molecule has 0 atom stereocenters. The van der Waals surface area contributed by atoms with Crippen LogP contribution < -0.4 is 10.1 Å². The van der Waals surface area contributed by atoms with E-state index in [4.69, 9.17) is 9.15 Å². The average molecular weight is 380 g/mol. The van der Waals surface area contributed by atoms with Gasteiger partial charge in [0.05, 0.1) is 29.0 Å². The van der Waals surface area contributed by atoms with Crippen molar-refractivity contribution in [1.82, 2.24) is 4.31 Å². The van der Waals surface area contributed by atoms with E-state index in [1.165, 1.54) is 22.7 Å². The summed E-state index contributed by atoms with van der Waals surface area (Å²) in [6.45, 7) is 8.16. The fourth-order valence-corrected chi connectivity index (χ4v) is 4.06. The minimum absolute atomic E-state index is 0.101. The monoisotopic (exact) mass is 380 g/mol. The molecule has 1 aromatic carbocycles. The second-order valence-electron chi connectivity index (χ2n) is 5.52. The summed E-state index contributed by atoms with van der Waals surface area (Å²) < 4.78 is 37.5. The highest BCUT2D eigenvalue weighted by atomic mass is 32.2. The number of nitrogens with zero attached hydrogens (tertiary/aromatic N) is 1. The highest BCUT2D eigenvalue weighted by molar-refractivity contribution is 7.89. The quantitative estimate of drug-likeness (QED) is 0.759. The number of carbonyl (C=O) groups excluding carboxylic acids is 1. The number of carbonyl (C=O) groups is 1. The first-order chi connectivity index (χ1) is 12.3. The molecular formula is C18H24N2O5S. The third-order valence-corrected chi connectivity index (χ3v) is 5.99. The van der Waals surface area contributed by atoms with Crippen LogP contribution in [0.3, 0.4) is 0 Å². The molecule has 0 aliphatic heterocycles. The number of hydrogen-bond acceptors (Lipinski definition) is 5. The van der Waals surface area contributed by atoms with E-state index in [1.807, 2.05) is 6.92 Å². The molecule has 1 heterocycles. The normalized spacial score (nSPS) is 11.6. The lowest BCUT2D eigenvalue weighted by Crippen LogP contribution is -2.30. The zero-order valence-electron chi connectivity index (χ0n) is 15.4. The summed E-state index contributed by atoms with van der Waals surface area (Å²) in [7, 11) is -3.65. The number of amides is 1. The number of sulfonamides is 1. The van der Waals surface area contributed by atoms with Crippen molar-refractivity contribution < 1.29 is 22.4 Å². The molecule has 1 aromatic heterocycles. The van der Waals surface area contributed by atoms with Gasteiger partial charge in [0.2, 0.25) is 10.0 Å². The van der Waals surface area contributed by atoms with Gasteiger partial charge in [0.25, 0.3) is 5.91 Å². The van der Waals surface area contributed by atoms with Gasteiger partial charge in [-0.2, -0.15) is 4.31 Å². The van der Waals surface area contributed by atoms with Crippen molar-refractivity contribution in [2.24, 2.45) is 0 Å². The van der Waals surface area contributed by atoms with Gasteiger partial charge in [-0.05, 0) is 38.1 Å². The van der Waals surface area contributed by atoms with E-state index in [2.05, 4.69) is 5.32 Å². The van der Waals surface area contributed by atoms with Crippen LogP contribution in [0.2, 0.25) is 0 Å². The molecule has 0 aliphatic rings. The molecule has 2 aromatic rings. The molecule has 2 rings (SSSR count). The lowest BCUT2D eigenvalue weighted by molar-refractivity contribution is 0.102. The van der Waals surface area contributed by atoms with E-state index >= 15 is 0 Å². The predicted octanol–water partition coefficient (Wildman–Crippen LogP) is 3.27. The molecule has 1 N–H and O–H groups in total. The van der Waals surface area contributed by atoms with Gasteiger partial charge in [0.1, 0.15) is 11.5 Å². The first kappa shape index (κ1) is 20.0. The summed E-state index contributed by atoms with van der Waals surface area (Å²) in [5, 5.41) is 2.72. The van der Waals surface area contributed by atoms with Gasteiger partial charge in [0, 0.05) is 13.1 Å². The molecule has 0 saturated heterocycles. The van der Waals surface area contributed by atoms with E-state index < -0.39 is 15.9 Å². The molecule has 0 radical (unpaired) electrons. The number of ether oxygens (including phenoxy) is 1. The van der Waals surface area contributed by atoms with E-state index in [-0.39, 0.29) is 4.90 Å². The minimum Gasteiger partial charge on any atom is -0.492 e. The average Bonchev–Trinajstić information content (AvgIpc) is 3.03. The zero-order chi connectivity index (χ0) is 19.3. The molecule has 0 aliphatic carbocycles. The van der Waals surface area contributed by atoms with Crippen molar-refractivity contribution in [2.45, 2.75) is 32.6 Å². The maximum absolute atomic E-state index is 12.7. The van der Waals surface area contributed by atoms with Crippen LogP contribution in [0.25, 0.3) is 0 Å². The minimum atomic E-state index is -3.65. The van der Waals surface area contributed by atoms with Gasteiger partial charge in [-0.1, -0.05) is 13.8 Å². The Morgan fingerprint density at radius 1 is 1.19 bits per heavy atom. The fourth-order valence-electron chi connectivity index (χ4n) is 2.57. The SMILES string of the molecule is CCOc1ccc(S(=O)(=O)N(CC)CC)cc1NC(=O)c1ccoc1C. The standard InChI is InChI=1S/C18H24N2O5S/c1-5-20(6-2)26(22,23)14-8-9-17(24-7-3)16(12-14)19-18(21)15-10-11-25-13(15)4/h8-12H,5-7H2,1-4H3,(H,19,21). The van der Waals surface area contributed by atoms with Crippen LogP contribution in [0.1, 0.15) is 36.9 Å². The molecule has 0 spiro atoms. The third kappa shape index (κ3) is 4.08. The van der Waals surface area contributed by atoms with Crippen LogP contribution >= 0.6 is 0 Å². The molecule has 26 heavy (non-hydrogen) atoms. The lowest BCUT2D eigenvalue weighted by atomic mass is 10.2. The molecule has 142 valence electrons. The Morgan fingerprint density at radius 2 is 1.88 bits per heavy atom. The van der Waals surface area contributed by atoms with Crippen LogP contribution in [0.15, 0.2) is 39.8 Å². The Morgan fingerprint density at radius 3 is 2.42 bits per heavy atom. The Bertz CT molecular complexity index is 869. The number of rotatable bonds is 8.